The first-order valence-electron chi connectivity index (χ1n) is 8.53. The number of amides is 1. The van der Waals surface area contributed by atoms with E-state index in [0.717, 1.165) is 25.9 Å². The van der Waals surface area contributed by atoms with Crippen LogP contribution in [0.4, 0.5) is 8.78 Å². The average Bonchev–Trinajstić information content (AvgIpc) is 3.29. The zero-order chi connectivity index (χ0) is 17.2. The summed E-state index contributed by atoms with van der Waals surface area (Å²) in [5, 5.41) is 6.09. The van der Waals surface area contributed by atoms with Crippen molar-refractivity contribution in [1.29, 1.82) is 0 Å². The number of nitrogens with zero attached hydrogens (tertiary/aromatic N) is 1. The third kappa shape index (κ3) is 2.31. The highest BCUT2D eigenvalue weighted by Crippen LogP contribution is 2.53. The van der Waals surface area contributed by atoms with E-state index in [4.69, 9.17) is 9.73 Å². The molecule has 2 N–H and O–H groups in total. The number of hydrogen-bond donors (Lipinski definition) is 2. The Hall–Kier alpha value is -2.22. The second kappa shape index (κ2) is 4.91. The fourth-order valence-corrected chi connectivity index (χ4v) is 3.84. The monoisotopic (exact) mass is 349 g/mol. The molecule has 132 valence electrons. The van der Waals surface area contributed by atoms with Crippen LogP contribution in [0.2, 0.25) is 0 Å². The molecule has 0 aromatic heterocycles. The van der Waals surface area contributed by atoms with Gasteiger partial charge >= 0.3 is 6.29 Å². The predicted molar refractivity (Wildman–Crippen MR) is 84.1 cm³/mol. The van der Waals surface area contributed by atoms with Gasteiger partial charge in [-0.05, 0) is 56.8 Å². The maximum atomic E-state index is 13.5. The Kier molecular flexibility index (Phi) is 2.96. The van der Waals surface area contributed by atoms with Crippen molar-refractivity contribution in [2.45, 2.75) is 43.4 Å². The Morgan fingerprint density at radius 1 is 1.16 bits per heavy atom. The molecule has 1 aromatic carbocycles. The largest absolute Gasteiger partial charge is 0.586 e. The van der Waals surface area contributed by atoms with Crippen LogP contribution in [0.15, 0.2) is 17.1 Å². The number of carbonyl (C=O) groups excluding carboxylic acids is 1. The van der Waals surface area contributed by atoms with Crippen molar-refractivity contribution in [3.8, 4) is 11.5 Å². The van der Waals surface area contributed by atoms with Crippen molar-refractivity contribution in [3.05, 3.63) is 23.3 Å². The molecule has 4 aliphatic rings. The molecule has 1 saturated carbocycles. The summed E-state index contributed by atoms with van der Waals surface area (Å²) in [6, 6.07) is 3.15. The first-order chi connectivity index (χ1) is 12.0. The van der Waals surface area contributed by atoms with Gasteiger partial charge in [0, 0.05) is 11.1 Å². The fourth-order valence-electron chi connectivity index (χ4n) is 3.84. The van der Waals surface area contributed by atoms with Crippen molar-refractivity contribution < 1.29 is 23.0 Å². The van der Waals surface area contributed by atoms with Crippen molar-refractivity contribution in [2.75, 3.05) is 13.1 Å². The minimum atomic E-state index is -3.65. The van der Waals surface area contributed by atoms with E-state index in [1.807, 2.05) is 0 Å². The first kappa shape index (κ1) is 15.1. The van der Waals surface area contributed by atoms with Crippen LogP contribution in [0.1, 0.15) is 42.7 Å². The molecule has 1 saturated heterocycles. The van der Waals surface area contributed by atoms with Gasteiger partial charge < -0.3 is 20.1 Å². The summed E-state index contributed by atoms with van der Waals surface area (Å²) < 4.78 is 36.3. The number of hydrogen-bond acceptors (Lipinski definition) is 5. The summed E-state index contributed by atoms with van der Waals surface area (Å²) in [5.74, 6) is 0.584. The number of ether oxygens (including phenoxy) is 2. The summed E-state index contributed by atoms with van der Waals surface area (Å²) in [6.45, 7) is 1.46. The lowest BCUT2D eigenvalue weighted by molar-refractivity contribution is -0.286. The maximum absolute atomic E-state index is 13.5. The number of alkyl halides is 2. The van der Waals surface area contributed by atoms with Crippen LogP contribution < -0.4 is 20.1 Å². The zero-order valence-electron chi connectivity index (χ0n) is 13.4. The zero-order valence-corrected chi connectivity index (χ0v) is 13.4. The molecule has 0 bridgehead atoms. The molecule has 8 heteroatoms. The molecule has 1 spiro atoms. The number of nitrogens with one attached hydrogen (secondary N) is 2. The molecular formula is C17H17F2N3O3. The number of piperidine rings is 1. The molecular weight excluding hydrogens is 332 g/mol. The second-order valence-corrected chi connectivity index (χ2v) is 6.99. The van der Waals surface area contributed by atoms with Gasteiger partial charge in [-0.2, -0.15) is 0 Å². The summed E-state index contributed by atoms with van der Waals surface area (Å²) >= 11 is 0. The topological polar surface area (TPSA) is 72.0 Å². The van der Waals surface area contributed by atoms with Gasteiger partial charge in [0.2, 0.25) is 0 Å². The number of aliphatic imine (C=N–C) groups is 1. The van der Waals surface area contributed by atoms with E-state index in [9.17, 15) is 13.6 Å². The number of fused-ring (bicyclic) bond motifs is 1. The molecule has 3 aliphatic heterocycles. The van der Waals surface area contributed by atoms with Crippen LogP contribution >= 0.6 is 0 Å². The van der Waals surface area contributed by atoms with Gasteiger partial charge in [0.05, 0.1) is 0 Å². The highest BCUT2D eigenvalue weighted by Gasteiger charge is 2.49. The number of rotatable bonds is 2. The van der Waals surface area contributed by atoms with Gasteiger partial charge in [0.15, 0.2) is 11.5 Å². The van der Waals surface area contributed by atoms with Gasteiger partial charge in [-0.3, -0.25) is 9.79 Å². The van der Waals surface area contributed by atoms with Crippen LogP contribution in [-0.2, 0) is 4.79 Å². The van der Waals surface area contributed by atoms with Crippen LogP contribution in [0.5, 0.6) is 11.5 Å². The molecule has 0 radical (unpaired) electrons. The maximum Gasteiger partial charge on any atom is 0.586 e. The van der Waals surface area contributed by atoms with Crippen LogP contribution in [0.25, 0.3) is 0 Å². The number of benzene rings is 1. The lowest BCUT2D eigenvalue weighted by atomic mass is 9.89. The highest BCUT2D eigenvalue weighted by atomic mass is 19.3. The van der Waals surface area contributed by atoms with Gasteiger partial charge in [0.1, 0.15) is 11.4 Å². The lowest BCUT2D eigenvalue weighted by Gasteiger charge is -2.28. The minimum Gasteiger partial charge on any atom is -0.395 e. The average molecular weight is 349 g/mol. The highest BCUT2D eigenvalue weighted by molar-refractivity contribution is 6.16. The van der Waals surface area contributed by atoms with E-state index in [1.54, 1.807) is 6.07 Å². The Labute approximate surface area is 142 Å². The van der Waals surface area contributed by atoms with Gasteiger partial charge in [-0.25, -0.2) is 0 Å². The molecule has 0 atom stereocenters. The van der Waals surface area contributed by atoms with Crippen LogP contribution in [-0.4, -0.2) is 36.7 Å². The summed E-state index contributed by atoms with van der Waals surface area (Å²) in [4.78, 5) is 17.2. The normalized spacial score (nSPS) is 25.8. The smallest absolute Gasteiger partial charge is 0.395 e. The van der Waals surface area contributed by atoms with E-state index in [1.165, 1.54) is 6.07 Å². The van der Waals surface area contributed by atoms with E-state index in [-0.39, 0.29) is 23.3 Å². The standard InChI is InChI=1S/C17H17F2N3O3/c18-17(19)24-11-4-3-10(12(9-1-2-9)13(11)25-17)14-21-15(23)16(22-14)5-7-20-8-6-16/h3-4,9,20H,1-2,5-8H2,(H,21,22,23). The molecule has 1 aliphatic carbocycles. The Morgan fingerprint density at radius 2 is 1.92 bits per heavy atom. The third-order valence-corrected chi connectivity index (χ3v) is 5.26. The first-order valence-corrected chi connectivity index (χ1v) is 8.53. The molecule has 1 aromatic rings. The third-order valence-electron chi connectivity index (χ3n) is 5.26. The second-order valence-electron chi connectivity index (χ2n) is 6.99. The molecule has 25 heavy (non-hydrogen) atoms. The predicted octanol–water partition coefficient (Wildman–Crippen LogP) is 1.88. The Morgan fingerprint density at radius 3 is 2.64 bits per heavy atom. The Balaban J connectivity index is 1.59. The van der Waals surface area contributed by atoms with E-state index in [0.29, 0.717) is 29.8 Å². The quantitative estimate of drug-likeness (QED) is 0.855. The Bertz CT molecular complexity index is 799. The fraction of sp³-hybridized carbons (Fsp3) is 0.529. The number of halogens is 2. The van der Waals surface area contributed by atoms with Crippen LogP contribution in [0, 0.1) is 0 Å². The minimum absolute atomic E-state index is 0.0390. The molecule has 0 unspecified atom stereocenters. The van der Waals surface area contributed by atoms with Crippen LogP contribution in [0.3, 0.4) is 0 Å². The van der Waals surface area contributed by atoms with Crippen molar-refractivity contribution in [2.24, 2.45) is 4.99 Å². The lowest BCUT2D eigenvalue weighted by Crippen LogP contribution is -2.47. The number of carbonyl (C=O) groups is 1. The van der Waals surface area contributed by atoms with Crippen molar-refractivity contribution in [1.82, 2.24) is 10.6 Å². The molecule has 6 nitrogen and oxygen atoms in total. The summed E-state index contributed by atoms with van der Waals surface area (Å²) in [6.07, 6.45) is -0.599. The van der Waals surface area contributed by atoms with E-state index >= 15 is 0 Å². The van der Waals surface area contributed by atoms with Crippen molar-refractivity contribution in [3.63, 3.8) is 0 Å². The summed E-state index contributed by atoms with van der Waals surface area (Å²) in [7, 11) is 0. The van der Waals surface area contributed by atoms with E-state index < -0.39 is 11.8 Å². The van der Waals surface area contributed by atoms with E-state index in [2.05, 4.69) is 15.4 Å². The van der Waals surface area contributed by atoms with Gasteiger partial charge in [0.25, 0.3) is 5.91 Å². The van der Waals surface area contributed by atoms with Gasteiger partial charge in [-0.1, -0.05) is 0 Å². The molecule has 2 fully saturated rings. The SMILES string of the molecule is O=C1NC(c2ccc3c(c2C2CC2)OC(F)(F)O3)=NC12CCNCC2. The number of amidine groups is 1. The molecule has 5 rings (SSSR count). The molecule has 3 heterocycles. The summed E-state index contributed by atoms with van der Waals surface area (Å²) in [5.41, 5.74) is 0.577. The van der Waals surface area contributed by atoms with Crippen molar-refractivity contribution >= 4 is 11.7 Å². The van der Waals surface area contributed by atoms with Gasteiger partial charge in [-0.15, -0.1) is 8.78 Å². The molecule has 1 amide bonds.